The van der Waals surface area contributed by atoms with Gasteiger partial charge in [0, 0.05) is 6.61 Å². The fraction of sp³-hybridized carbons (Fsp3) is 1.00. The summed E-state index contributed by atoms with van der Waals surface area (Å²) in [5.41, 5.74) is 0. The second-order valence-corrected chi connectivity index (χ2v) is 3.41. The Morgan fingerprint density at radius 1 is 1.42 bits per heavy atom. The van der Waals surface area contributed by atoms with Crippen LogP contribution in [0.2, 0.25) is 6.82 Å². The lowest BCUT2D eigenvalue weighted by Gasteiger charge is -2.07. The second-order valence-electron chi connectivity index (χ2n) is 3.41. The molecular weight excluding hydrogens is 153 g/mol. The number of unbranched alkanes of at least 4 members (excludes halogenated alkanes) is 1. The zero-order valence-corrected chi connectivity index (χ0v) is 8.08. The van der Waals surface area contributed by atoms with Crippen LogP contribution in [0.5, 0.6) is 0 Å². The molecule has 4 heteroatoms. The van der Waals surface area contributed by atoms with E-state index in [1.165, 1.54) is 0 Å². The van der Waals surface area contributed by atoms with Gasteiger partial charge in [0.15, 0.2) is 0 Å². The molecule has 0 heterocycles. The first-order valence-electron chi connectivity index (χ1n) is 4.69. The van der Waals surface area contributed by atoms with Gasteiger partial charge in [-0.1, -0.05) is 13.3 Å². The molecule has 0 aliphatic carbocycles. The van der Waals surface area contributed by atoms with Gasteiger partial charge in [-0.25, -0.2) is 0 Å². The van der Waals surface area contributed by atoms with Gasteiger partial charge < -0.3 is 15.4 Å². The van der Waals surface area contributed by atoms with Crippen molar-refractivity contribution in [3.05, 3.63) is 0 Å². The highest BCUT2D eigenvalue weighted by Crippen LogP contribution is 2.05. The van der Waals surface area contributed by atoms with Crippen molar-refractivity contribution in [1.29, 1.82) is 0 Å². The monoisotopic (exact) mass is 173 g/mol. The summed E-state index contributed by atoms with van der Waals surface area (Å²) in [5.74, 6) is 0.413. The van der Waals surface area contributed by atoms with Crippen LogP contribution >= 0.6 is 0 Å². The highest BCUT2D eigenvalue weighted by Gasteiger charge is 2.01. The van der Waals surface area contributed by atoms with Crippen molar-refractivity contribution in [3.63, 3.8) is 0 Å². The van der Waals surface area contributed by atoms with Crippen LogP contribution in [0.1, 0.15) is 26.2 Å². The van der Waals surface area contributed by atoms with Crippen molar-refractivity contribution in [2.24, 2.45) is 5.92 Å². The highest BCUT2D eigenvalue weighted by atomic mass is 16.3. The van der Waals surface area contributed by atoms with Gasteiger partial charge in [-0.3, -0.25) is 0 Å². The molecule has 0 spiro atoms. The molecule has 0 rings (SSSR count). The van der Waals surface area contributed by atoms with E-state index in [1.807, 2.05) is 6.92 Å². The molecule has 0 fully saturated rings. The van der Waals surface area contributed by atoms with E-state index in [0.717, 1.165) is 25.8 Å². The molecule has 1 unspecified atom stereocenters. The quantitative estimate of drug-likeness (QED) is 0.387. The molecule has 0 aromatic heterocycles. The molecule has 12 heavy (non-hydrogen) atoms. The van der Waals surface area contributed by atoms with Gasteiger partial charge in [0.2, 0.25) is 0 Å². The van der Waals surface area contributed by atoms with Crippen molar-refractivity contribution >= 4 is 7.05 Å². The van der Waals surface area contributed by atoms with E-state index in [2.05, 4.69) is 5.23 Å². The first-order chi connectivity index (χ1) is 5.66. The molecule has 0 bridgehead atoms. The molecule has 0 saturated carbocycles. The Hall–Kier alpha value is -0.0551. The van der Waals surface area contributed by atoms with E-state index >= 15 is 0 Å². The smallest absolute Gasteiger partial charge is 0.373 e. The minimum absolute atomic E-state index is 0.282. The lowest BCUT2D eigenvalue weighted by Crippen LogP contribution is -2.31. The molecule has 72 valence electrons. The Kier molecular flexibility index (Phi) is 7.55. The maximum atomic E-state index is 8.86. The van der Waals surface area contributed by atoms with Crippen LogP contribution in [0.3, 0.4) is 0 Å². The van der Waals surface area contributed by atoms with Crippen LogP contribution < -0.4 is 5.23 Å². The summed E-state index contributed by atoms with van der Waals surface area (Å²) >= 11 is 0. The van der Waals surface area contributed by atoms with Gasteiger partial charge in [-0.2, -0.15) is 0 Å². The normalized spacial score (nSPS) is 13.0. The molecule has 1 atom stereocenters. The molecule has 0 radical (unpaired) electrons. The fourth-order valence-electron chi connectivity index (χ4n) is 1.02. The van der Waals surface area contributed by atoms with Crippen LogP contribution in [0, 0.1) is 5.92 Å². The Balaban J connectivity index is 3.00. The molecule has 0 aromatic rings. The number of aliphatic hydroxyl groups is 1. The molecular formula is C8H20BNO2. The van der Waals surface area contributed by atoms with E-state index in [1.54, 1.807) is 6.82 Å². The molecule has 0 aliphatic heterocycles. The van der Waals surface area contributed by atoms with Crippen LogP contribution in [-0.2, 0) is 0 Å². The number of rotatable bonds is 7. The van der Waals surface area contributed by atoms with Gasteiger partial charge in [0.25, 0.3) is 0 Å². The lowest BCUT2D eigenvalue weighted by atomic mass is 9.89. The Morgan fingerprint density at radius 3 is 2.58 bits per heavy atom. The van der Waals surface area contributed by atoms with Gasteiger partial charge >= 0.3 is 7.05 Å². The molecule has 0 amide bonds. The molecule has 3 nitrogen and oxygen atoms in total. The first-order valence-corrected chi connectivity index (χ1v) is 4.69. The third-order valence-corrected chi connectivity index (χ3v) is 1.88. The summed E-state index contributed by atoms with van der Waals surface area (Å²) in [6, 6.07) is 0. The summed E-state index contributed by atoms with van der Waals surface area (Å²) in [6.45, 7) is 4.90. The predicted octanol–water partition coefficient (Wildman–Crippen LogP) is 0.485. The third-order valence-electron chi connectivity index (χ3n) is 1.88. The summed E-state index contributed by atoms with van der Waals surface area (Å²) in [4.78, 5) is 0. The van der Waals surface area contributed by atoms with E-state index in [0.29, 0.717) is 5.92 Å². The van der Waals surface area contributed by atoms with Crippen molar-refractivity contribution in [2.45, 2.75) is 33.0 Å². The van der Waals surface area contributed by atoms with Crippen LogP contribution in [0.4, 0.5) is 0 Å². The van der Waals surface area contributed by atoms with Crippen molar-refractivity contribution in [3.8, 4) is 0 Å². The Bertz CT molecular complexity index is 101. The third kappa shape index (κ3) is 8.05. The van der Waals surface area contributed by atoms with Crippen molar-refractivity contribution < 1.29 is 10.1 Å². The van der Waals surface area contributed by atoms with Gasteiger partial charge in [-0.15, -0.1) is 0 Å². The molecule has 0 aromatic carbocycles. The van der Waals surface area contributed by atoms with E-state index < -0.39 is 7.05 Å². The van der Waals surface area contributed by atoms with Gasteiger partial charge in [0.05, 0.1) is 0 Å². The van der Waals surface area contributed by atoms with Crippen LogP contribution in [-0.4, -0.2) is 30.3 Å². The standard InChI is InChI=1S/C8H20BNO2/c1-8(7-11)5-3-4-6-10-9(2)12/h8,10-12H,3-7H2,1-2H3. The predicted molar refractivity (Wildman–Crippen MR) is 51.9 cm³/mol. The summed E-state index contributed by atoms with van der Waals surface area (Å²) in [7, 11) is -0.403. The van der Waals surface area contributed by atoms with E-state index in [4.69, 9.17) is 10.1 Å². The van der Waals surface area contributed by atoms with Crippen molar-refractivity contribution in [2.75, 3.05) is 13.2 Å². The minimum atomic E-state index is -0.403. The number of hydrogen-bond acceptors (Lipinski definition) is 3. The number of aliphatic hydroxyl groups excluding tert-OH is 1. The second kappa shape index (κ2) is 7.59. The van der Waals surface area contributed by atoms with Gasteiger partial charge in [0.1, 0.15) is 0 Å². The van der Waals surface area contributed by atoms with Crippen molar-refractivity contribution in [1.82, 2.24) is 5.23 Å². The Morgan fingerprint density at radius 2 is 2.08 bits per heavy atom. The van der Waals surface area contributed by atoms with Crippen LogP contribution in [0.25, 0.3) is 0 Å². The zero-order chi connectivity index (χ0) is 9.40. The Labute approximate surface area is 75.3 Å². The fourth-order valence-corrected chi connectivity index (χ4v) is 1.02. The molecule has 0 saturated heterocycles. The first kappa shape index (κ1) is 11.9. The lowest BCUT2D eigenvalue weighted by molar-refractivity contribution is 0.227. The number of nitrogens with one attached hydrogen (secondary N) is 1. The topological polar surface area (TPSA) is 52.5 Å². The SMILES string of the molecule is CB(O)NCCCCC(C)CO. The minimum Gasteiger partial charge on any atom is -0.437 e. The average Bonchev–Trinajstić information content (AvgIpc) is 2.03. The molecule has 3 N–H and O–H groups in total. The summed E-state index contributed by atoms with van der Waals surface area (Å²) < 4.78 is 0. The maximum Gasteiger partial charge on any atom is 0.373 e. The zero-order valence-electron chi connectivity index (χ0n) is 8.08. The average molecular weight is 173 g/mol. The summed E-state index contributed by atoms with van der Waals surface area (Å²) in [5, 5.41) is 20.5. The summed E-state index contributed by atoms with van der Waals surface area (Å²) in [6.07, 6.45) is 3.24. The highest BCUT2D eigenvalue weighted by molar-refractivity contribution is 6.45. The molecule has 0 aliphatic rings. The van der Waals surface area contributed by atoms with Gasteiger partial charge in [-0.05, 0) is 32.1 Å². The maximum absolute atomic E-state index is 8.86. The van der Waals surface area contributed by atoms with E-state index in [9.17, 15) is 0 Å². The number of hydrogen-bond donors (Lipinski definition) is 3. The van der Waals surface area contributed by atoms with E-state index in [-0.39, 0.29) is 6.61 Å². The largest absolute Gasteiger partial charge is 0.437 e. The van der Waals surface area contributed by atoms with Crippen LogP contribution in [0.15, 0.2) is 0 Å².